The van der Waals surface area contributed by atoms with Crippen LogP contribution in [0.1, 0.15) is 12.8 Å². The average Bonchev–Trinajstić information content (AvgIpc) is 3.35. The molecule has 0 radical (unpaired) electrons. The number of furan rings is 1. The molecule has 0 bridgehead atoms. The Labute approximate surface area is 152 Å². The molecule has 0 atom stereocenters. The predicted molar refractivity (Wildman–Crippen MR) is 96.2 cm³/mol. The molecule has 7 heteroatoms. The SMILES string of the molecule is CCOc1ccccc1N1CC[NH+](Cc2nnc(-c3ccco3)o2)CC1. The number of aromatic nitrogens is 2. The van der Waals surface area contributed by atoms with Crippen molar-refractivity contribution in [3.63, 3.8) is 0 Å². The number of piperazine rings is 1. The van der Waals surface area contributed by atoms with Crippen LogP contribution in [-0.2, 0) is 6.54 Å². The van der Waals surface area contributed by atoms with Gasteiger partial charge in [-0.05, 0) is 31.2 Å². The van der Waals surface area contributed by atoms with E-state index >= 15 is 0 Å². The van der Waals surface area contributed by atoms with Crippen LogP contribution in [0.2, 0.25) is 0 Å². The quantitative estimate of drug-likeness (QED) is 0.725. The van der Waals surface area contributed by atoms with Gasteiger partial charge in [-0.2, -0.15) is 0 Å². The Hall–Kier alpha value is -2.80. The van der Waals surface area contributed by atoms with Gasteiger partial charge in [0.05, 0.1) is 44.7 Å². The molecule has 4 rings (SSSR count). The van der Waals surface area contributed by atoms with Crippen molar-refractivity contribution in [2.45, 2.75) is 13.5 Å². The van der Waals surface area contributed by atoms with E-state index in [0.717, 1.165) is 38.5 Å². The number of nitrogens with one attached hydrogen (secondary N) is 1. The molecule has 0 unspecified atom stereocenters. The first-order chi connectivity index (χ1) is 12.8. The summed E-state index contributed by atoms with van der Waals surface area (Å²) >= 11 is 0. The third-order valence-electron chi connectivity index (χ3n) is 4.58. The maximum Gasteiger partial charge on any atom is 0.283 e. The van der Waals surface area contributed by atoms with E-state index < -0.39 is 0 Å². The summed E-state index contributed by atoms with van der Waals surface area (Å²) in [5, 5.41) is 8.22. The third kappa shape index (κ3) is 3.57. The lowest BCUT2D eigenvalue weighted by Crippen LogP contribution is -3.13. The zero-order valence-electron chi connectivity index (χ0n) is 14.9. The van der Waals surface area contributed by atoms with Crippen LogP contribution in [-0.4, -0.2) is 43.0 Å². The number of hydrogen-bond donors (Lipinski definition) is 1. The van der Waals surface area contributed by atoms with Gasteiger partial charge in [0.2, 0.25) is 0 Å². The number of para-hydroxylation sites is 2. The van der Waals surface area contributed by atoms with E-state index in [1.54, 1.807) is 6.26 Å². The maximum atomic E-state index is 5.76. The number of ether oxygens (including phenoxy) is 1. The Morgan fingerprint density at radius 1 is 1.12 bits per heavy atom. The number of nitrogens with zero attached hydrogens (tertiary/aromatic N) is 3. The van der Waals surface area contributed by atoms with Crippen molar-refractivity contribution in [1.82, 2.24) is 10.2 Å². The van der Waals surface area contributed by atoms with Crippen LogP contribution in [0.25, 0.3) is 11.7 Å². The van der Waals surface area contributed by atoms with Crippen molar-refractivity contribution in [1.29, 1.82) is 0 Å². The minimum absolute atomic E-state index is 0.439. The molecule has 1 fully saturated rings. The Bertz CT molecular complexity index is 823. The lowest BCUT2D eigenvalue weighted by atomic mass is 10.2. The molecule has 0 amide bonds. The molecule has 7 nitrogen and oxygen atoms in total. The first-order valence-electron chi connectivity index (χ1n) is 9.00. The highest BCUT2D eigenvalue weighted by atomic mass is 16.5. The standard InChI is InChI=1S/C19H22N4O3/c1-2-24-16-7-4-3-6-15(16)23-11-9-22(10-12-23)14-18-20-21-19(26-18)17-8-5-13-25-17/h3-8,13H,2,9-12,14H2,1H3/p+1. The molecule has 3 heterocycles. The Balaban J connectivity index is 1.36. The number of anilines is 1. The van der Waals surface area contributed by atoms with Gasteiger partial charge in [-0.3, -0.25) is 0 Å². The summed E-state index contributed by atoms with van der Waals surface area (Å²) in [4.78, 5) is 3.82. The predicted octanol–water partition coefficient (Wildman–Crippen LogP) is 1.63. The molecular formula is C19H23N4O3+. The molecule has 0 spiro atoms. The lowest BCUT2D eigenvalue weighted by Gasteiger charge is -2.33. The lowest BCUT2D eigenvalue weighted by molar-refractivity contribution is -0.915. The van der Waals surface area contributed by atoms with Gasteiger partial charge in [0.1, 0.15) is 5.75 Å². The smallest absolute Gasteiger partial charge is 0.283 e. The second kappa shape index (κ2) is 7.61. The van der Waals surface area contributed by atoms with Crippen LogP contribution in [0.5, 0.6) is 5.75 Å². The van der Waals surface area contributed by atoms with Crippen molar-refractivity contribution in [2.24, 2.45) is 0 Å². The Morgan fingerprint density at radius 2 is 1.96 bits per heavy atom. The van der Waals surface area contributed by atoms with Crippen molar-refractivity contribution >= 4 is 5.69 Å². The van der Waals surface area contributed by atoms with Gasteiger partial charge in [0.25, 0.3) is 11.8 Å². The van der Waals surface area contributed by atoms with E-state index in [1.807, 2.05) is 31.2 Å². The van der Waals surface area contributed by atoms with E-state index in [-0.39, 0.29) is 0 Å². The van der Waals surface area contributed by atoms with Crippen LogP contribution < -0.4 is 14.5 Å². The molecule has 0 saturated carbocycles. The van der Waals surface area contributed by atoms with Crippen LogP contribution in [0.4, 0.5) is 5.69 Å². The highest BCUT2D eigenvalue weighted by Crippen LogP contribution is 2.27. The van der Waals surface area contributed by atoms with Crippen molar-refractivity contribution < 1.29 is 18.5 Å². The number of benzene rings is 1. The van der Waals surface area contributed by atoms with E-state index in [1.165, 1.54) is 10.6 Å². The number of hydrogen-bond acceptors (Lipinski definition) is 6. The average molecular weight is 355 g/mol. The van der Waals surface area contributed by atoms with Gasteiger partial charge in [-0.15, -0.1) is 10.2 Å². The molecular weight excluding hydrogens is 332 g/mol. The second-order valence-corrected chi connectivity index (χ2v) is 6.29. The normalized spacial score (nSPS) is 15.3. The highest BCUT2D eigenvalue weighted by molar-refractivity contribution is 5.58. The zero-order valence-corrected chi connectivity index (χ0v) is 14.9. The van der Waals surface area contributed by atoms with Crippen molar-refractivity contribution in [3.8, 4) is 17.4 Å². The summed E-state index contributed by atoms with van der Waals surface area (Å²) in [6.07, 6.45) is 1.60. The summed E-state index contributed by atoms with van der Waals surface area (Å²) in [6.45, 7) is 7.39. The summed E-state index contributed by atoms with van der Waals surface area (Å²) in [7, 11) is 0. The fraction of sp³-hybridized carbons (Fsp3) is 0.368. The fourth-order valence-corrected chi connectivity index (χ4v) is 3.28. The second-order valence-electron chi connectivity index (χ2n) is 6.29. The monoisotopic (exact) mass is 355 g/mol. The fourth-order valence-electron chi connectivity index (χ4n) is 3.28. The van der Waals surface area contributed by atoms with Crippen LogP contribution >= 0.6 is 0 Å². The summed E-state index contributed by atoms with van der Waals surface area (Å²) in [6, 6.07) is 11.9. The van der Waals surface area contributed by atoms with E-state index in [2.05, 4.69) is 27.2 Å². The van der Waals surface area contributed by atoms with Gasteiger partial charge < -0.3 is 23.4 Å². The number of rotatable bonds is 6. The first kappa shape index (κ1) is 16.7. The van der Waals surface area contributed by atoms with Gasteiger partial charge in [-0.1, -0.05) is 12.1 Å². The molecule has 26 heavy (non-hydrogen) atoms. The van der Waals surface area contributed by atoms with Gasteiger partial charge >= 0.3 is 0 Å². The maximum absolute atomic E-state index is 5.76. The molecule has 1 aliphatic heterocycles. The molecule has 2 aromatic heterocycles. The molecule has 0 aliphatic carbocycles. The van der Waals surface area contributed by atoms with Crippen molar-refractivity contribution in [3.05, 3.63) is 48.6 Å². The summed E-state index contributed by atoms with van der Waals surface area (Å²) in [5.74, 6) is 2.65. The van der Waals surface area contributed by atoms with E-state index in [4.69, 9.17) is 13.6 Å². The summed E-state index contributed by atoms with van der Waals surface area (Å²) in [5.41, 5.74) is 1.17. The minimum atomic E-state index is 0.439. The summed E-state index contributed by atoms with van der Waals surface area (Å²) < 4.78 is 16.8. The Morgan fingerprint density at radius 3 is 2.73 bits per heavy atom. The van der Waals surface area contributed by atoms with Gasteiger partial charge in [-0.25, -0.2) is 0 Å². The molecule has 3 aromatic rings. The molecule has 1 aliphatic rings. The van der Waals surface area contributed by atoms with Crippen LogP contribution in [0.3, 0.4) is 0 Å². The van der Waals surface area contributed by atoms with Gasteiger partial charge in [0.15, 0.2) is 12.3 Å². The van der Waals surface area contributed by atoms with Crippen LogP contribution in [0.15, 0.2) is 51.5 Å². The first-order valence-corrected chi connectivity index (χ1v) is 9.00. The zero-order chi connectivity index (χ0) is 17.8. The molecule has 136 valence electrons. The third-order valence-corrected chi connectivity index (χ3v) is 4.58. The topological polar surface area (TPSA) is 69.0 Å². The van der Waals surface area contributed by atoms with E-state index in [0.29, 0.717) is 24.1 Å². The van der Waals surface area contributed by atoms with Crippen molar-refractivity contribution in [2.75, 3.05) is 37.7 Å². The molecule has 1 N–H and O–H groups in total. The minimum Gasteiger partial charge on any atom is -0.492 e. The largest absolute Gasteiger partial charge is 0.492 e. The van der Waals surface area contributed by atoms with E-state index in [9.17, 15) is 0 Å². The Kier molecular flexibility index (Phi) is 4.88. The number of quaternary nitrogens is 1. The highest BCUT2D eigenvalue weighted by Gasteiger charge is 2.24. The van der Waals surface area contributed by atoms with Gasteiger partial charge in [0, 0.05) is 0 Å². The molecule has 1 aromatic carbocycles. The van der Waals surface area contributed by atoms with Crippen LogP contribution in [0, 0.1) is 0 Å². The molecule has 1 saturated heterocycles.